The Labute approximate surface area is 171 Å². The third-order valence-corrected chi connectivity index (χ3v) is 6.07. The molecule has 0 bridgehead atoms. The van der Waals surface area contributed by atoms with E-state index in [9.17, 15) is 0 Å². The van der Waals surface area contributed by atoms with Gasteiger partial charge in [-0.25, -0.2) is 9.97 Å². The van der Waals surface area contributed by atoms with Gasteiger partial charge in [0.2, 0.25) is 0 Å². The highest BCUT2D eigenvalue weighted by Gasteiger charge is 2.34. The van der Waals surface area contributed by atoms with Gasteiger partial charge in [0.15, 0.2) is 11.6 Å². The van der Waals surface area contributed by atoms with Crippen LogP contribution in [0.25, 0.3) is 22.3 Å². The molecule has 0 spiro atoms. The molecule has 1 N–H and O–H groups in total. The third-order valence-electron chi connectivity index (χ3n) is 6.07. The van der Waals surface area contributed by atoms with Crippen molar-refractivity contribution in [3.63, 3.8) is 0 Å². The Hall–Kier alpha value is -2.60. The average Bonchev–Trinajstić information content (AvgIpc) is 3.22. The van der Waals surface area contributed by atoms with Gasteiger partial charge in [0.1, 0.15) is 0 Å². The highest BCUT2D eigenvalue weighted by atomic mass is 16.5. The molecule has 29 heavy (non-hydrogen) atoms. The van der Waals surface area contributed by atoms with Crippen molar-refractivity contribution in [1.29, 1.82) is 0 Å². The molecule has 2 aliphatic rings. The third kappa shape index (κ3) is 3.46. The molecule has 2 aliphatic heterocycles. The van der Waals surface area contributed by atoms with E-state index < -0.39 is 0 Å². The number of morpholine rings is 1. The summed E-state index contributed by atoms with van der Waals surface area (Å²) < 4.78 is 5.79. The van der Waals surface area contributed by atoms with Gasteiger partial charge in [0.25, 0.3) is 0 Å². The van der Waals surface area contributed by atoms with E-state index in [1.807, 2.05) is 12.4 Å². The molecule has 5 rings (SSSR count). The van der Waals surface area contributed by atoms with Crippen LogP contribution in [0.4, 0.5) is 11.5 Å². The second-order valence-corrected chi connectivity index (χ2v) is 8.55. The van der Waals surface area contributed by atoms with Gasteiger partial charge in [-0.2, -0.15) is 0 Å². The van der Waals surface area contributed by atoms with Crippen molar-refractivity contribution in [3.8, 4) is 11.4 Å². The fourth-order valence-electron chi connectivity index (χ4n) is 4.55. The smallest absolute Gasteiger partial charge is 0.162 e. The number of nitrogens with one attached hydrogen (secondary N) is 1. The van der Waals surface area contributed by atoms with Crippen LogP contribution in [0, 0.1) is 5.92 Å². The molecular weight excluding hydrogens is 362 g/mol. The van der Waals surface area contributed by atoms with Gasteiger partial charge in [0.05, 0.1) is 31.1 Å². The number of hydrogen-bond acceptors (Lipinski definition) is 5. The molecule has 0 radical (unpaired) electrons. The zero-order valence-corrected chi connectivity index (χ0v) is 17.3. The van der Waals surface area contributed by atoms with E-state index >= 15 is 0 Å². The van der Waals surface area contributed by atoms with Crippen LogP contribution in [-0.2, 0) is 4.74 Å². The van der Waals surface area contributed by atoms with Gasteiger partial charge in [-0.15, -0.1) is 0 Å². The van der Waals surface area contributed by atoms with E-state index in [1.165, 1.54) is 12.8 Å². The topological polar surface area (TPSA) is 57.3 Å². The van der Waals surface area contributed by atoms with Gasteiger partial charge in [-0.3, -0.25) is 0 Å². The van der Waals surface area contributed by atoms with Crippen LogP contribution in [0.1, 0.15) is 26.7 Å². The maximum atomic E-state index is 5.79. The van der Waals surface area contributed by atoms with Crippen molar-refractivity contribution < 1.29 is 4.74 Å². The summed E-state index contributed by atoms with van der Waals surface area (Å²) in [5.74, 6) is 2.59. The molecule has 6 nitrogen and oxygen atoms in total. The number of aromatic amines is 1. The number of ether oxygens (including phenoxy) is 1. The Balaban J connectivity index is 1.53. The van der Waals surface area contributed by atoms with E-state index in [1.54, 1.807) is 0 Å². The summed E-state index contributed by atoms with van der Waals surface area (Å²) in [5.41, 5.74) is 3.36. The number of hydrogen-bond donors (Lipinski definition) is 1. The van der Waals surface area contributed by atoms with E-state index in [-0.39, 0.29) is 0 Å². The maximum absolute atomic E-state index is 5.79. The quantitative estimate of drug-likeness (QED) is 0.710. The SMILES string of the molecule is CC(C)CCCN1C[C@@H]2COCCN2c2nc(-c3cccc4[nH]ccc34)ncc21. The first-order valence-electron chi connectivity index (χ1n) is 10.7. The predicted octanol–water partition coefficient (Wildman–Crippen LogP) is 4.09. The lowest BCUT2D eigenvalue weighted by Gasteiger charge is -2.45. The zero-order chi connectivity index (χ0) is 19.8. The van der Waals surface area contributed by atoms with Gasteiger partial charge in [-0.05, 0) is 30.9 Å². The number of anilines is 2. The molecule has 4 heterocycles. The lowest BCUT2D eigenvalue weighted by atomic mass is 10.1. The Kier molecular flexibility index (Phi) is 4.87. The lowest BCUT2D eigenvalue weighted by Crippen LogP contribution is -2.55. The standard InChI is InChI=1S/C23H29N5O/c1-16(2)5-4-10-27-14-17-15-29-12-11-28(17)23-21(27)13-25-22(26-23)19-6-3-7-20-18(19)8-9-24-20/h3,6-9,13,16-17,24H,4-5,10-12,14-15H2,1-2H3/t17-/m1/s1. The van der Waals surface area contributed by atoms with Gasteiger partial charge in [0, 0.05) is 42.3 Å². The molecule has 1 fully saturated rings. The van der Waals surface area contributed by atoms with Crippen LogP contribution in [0.5, 0.6) is 0 Å². The van der Waals surface area contributed by atoms with Crippen molar-refractivity contribution in [2.24, 2.45) is 5.92 Å². The molecule has 1 aromatic carbocycles. The van der Waals surface area contributed by atoms with Crippen molar-refractivity contribution in [2.45, 2.75) is 32.7 Å². The monoisotopic (exact) mass is 391 g/mol. The van der Waals surface area contributed by atoms with Crippen LogP contribution in [0.3, 0.4) is 0 Å². The Morgan fingerprint density at radius 2 is 2.21 bits per heavy atom. The van der Waals surface area contributed by atoms with Crippen molar-refractivity contribution in [2.75, 3.05) is 42.6 Å². The number of rotatable bonds is 5. The minimum absolute atomic E-state index is 0.362. The largest absolute Gasteiger partial charge is 0.377 e. The highest BCUT2D eigenvalue weighted by molar-refractivity contribution is 5.93. The van der Waals surface area contributed by atoms with E-state index in [2.05, 4.69) is 52.9 Å². The molecule has 3 aromatic rings. The second kappa shape index (κ2) is 7.67. The Bertz CT molecular complexity index is 998. The molecule has 0 unspecified atom stereocenters. The maximum Gasteiger partial charge on any atom is 0.162 e. The molecule has 0 aliphatic carbocycles. The number of fused-ring (bicyclic) bond motifs is 4. The van der Waals surface area contributed by atoms with Crippen LogP contribution < -0.4 is 9.80 Å². The van der Waals surface area contributed by atoms with Crippen molar-refractivity contribution in [3.05, 3.63) is 36.7 Å². The van der Waals surface area contributed by atoms with Crippen LogP contribution >= 0.6 is 0 Å². The van der Waals surface area contributed by atoms with Crippen LogP contribution in [0.15, 0.2) is 36.7 Å². The Morgan fingerprint density at radius 1 is 1.28 bits per heavy atom. The van der Waals surface area contributed by atoms with Crippen LogP contribution in [0.2, 0.25) is 0 Å². The summed E-state index contributed by atoms with van der Waals surface area (Å²) in [5, 5.41) is 1.16. The first-order valence-corrected chi connectivity index (χ1v) is 10.7. The molecule has 152 valence electrons. The molecular formula is C23H29N5O. The summed E-state index contributed by atoms with van der Waals surface area (Å²) in [4.78, 5) is 18.1. The summed E-state index contributed by atoms with van der Waals surface area (Å²) in [7, 11) is 0. The zero-order valence-electron chi connectivity index (χ0n) is 17.3. The fourth-order valence-corrected chi connectivity index (χ4v) is 4.55. The van der Waals surface area contributed by atoms with Gasteiger partial charge >= 0.3 is 0 Å². The minimum Gasteiger partial charge on any atom is -0.377 e. The summed E-state index contributed by atoms with van der Waals surface area (Å²) in [6.07, 6.45) is 6.44. The number of aromatic nitrogens is 3. The number of H-pyrrole nitrogens is 1. The highest BCUT2D eigenvalue weighted by Crippen LogP contribution is 2.37. The summed E-state index contributed by atoms with van der Waals surface area (Å²) in [6.45, 7) is 9.04. The second-order valence-electron chi connectivity index (χ2n) is 8.55. The van der Waals surface area contributed by atoms with E-state index in [4.69, 9.17) is 14.7 Å². The van der Waals surface area contributed by atoms with Crippen LogP contribution in [-0.4, -0.2) is 53.8 Å². The fraction of sp³-hybridized carbons (Fsp3) is 0.478. The molecule has 6 heteroatoms. The number of benzene rings is 1. The summed E-state index contributed by atoms with van der Waals surface area (Å²) >= 11 is 0. The average molecular weight is 392 g/mol. The summed E-state index contributed by atoms with van der Waals surface area (Å²) in [6, 6.07) is 8.72. The van der Waals surface area contributed by atoms with E-state index in [0.717, 1.165) is 72.6 Å². The minimum atomic E-state index is 0.362. The molecule has 2 aromatic heterocycles. The predicted molar refractivity (Wildman–Crippen MR) is 118 cm³/mol. The van der Waals surface area contributed by atoms with Crippen molar-refractivity contribution >= 4 is 22.4 Å². The normalized spacial score (nSPS) is 18.9. The first kappa shape index (κ1) is 18.4. The number of nitrogens with zero attached hydrogens (tertiary/aromatic N) is 4. The van der Waals surface area contributed by atoms with Gasteiger partial charge in [-0.1, -0.05) is 26.0 Å². The van der Waals surface area contributed by atoms with Gasteiger partial charge < -0.3 is 19.5 Å². The van der Waals surface area contributed by atoms with E-state index in [0.29, 0.717) is 6.04 Å². The first-order chi connectivity index (χ1) is 14.2. The molecule has 0 saturated carbocycles. The lowest BCUT2D eigenvalue weighted by molar-refractivity contribution is 0.0936. The molecule has 1 atom stereocenters. The molecule has 1 saturated heterocycles. The molecule has 0 amide bonds. The van der Waals surface area contributed by atoms with Crippen molar-refractivity contribution in [1.82, 2.24) is 15.0 Å². The Morgan fingerprint density at radius 3 is 3.10 bits per heavy atom.